The van der Waals surface area contributed by atoms with Crippen LogP contribution in [0.1, 0.15) is 49.5 Å². The largest absolute Gasteiger partial charge is 0.492 e. The summed E-state index contributed by atoms with van der Waals surface area (Å²) in [5.41, 5.74) is 2.40. The number of carbonyl (C=O) groups excluding carboxylic acids is 2. The predicted octanol–water partition coefficient (Wildman–Crippen LogP) is 8.12. The lowest BCUT2D eigenvalue weighted by Gasteiger charge is -2.19. The van der Waals surface area contributed by atoms with Crippen LogP contribution in [0.4, 0.5) is 21.7 Å². The minimum Gasteiger partial charge on any atom is -0.492 e. The summed E-state index contributed by atoms with van der Waals surface area (Å²) in [7, 11) is 1.82. The monoisotopic (exact) mass is 645 g/mol. The van der Waals surface area contributed by atoms with Crippen LogP contribution in [0.5, 0.6) is 5.75 Å². The highest BCUT2D eigenvalue weighted by Gasteiger charge is 2.25. The Labute approximate surface area is 263 Å². The van der Waals surface area contributed by atoms with Crippen LogP contribution < -0.4 is 20.7 Å². The molecule has 0 atom stereocenters. The molecule has 0 unspecified atom stereocenters. The van der Waals surface area contributed by atoms with Gasteiger partial charge in [0, 0.05) is 30.8 Å². The number of carbonyl (C=O) groups is 2. The molecule has 0 radical (unpaired) electrons. The van der Waals surface area contributed by atoms with E-state index >= 15 is 0 Å². The number of aryl methyl sites for hydroxylation is 1. The number of amides is 2. The molecule has 226 valence electrons. The maximum Gasteiger partial charge on any atom is 0.259 e. The summed E-state index contributed by atoms with van der Waals surface area (Å²) < 4.78 is 21.5. The van der Waals surface area contributed by atoms with Crippen LogP contribution >= 0.6 is 34.8 Å². The highest BCUT2D eigenvalue weighted by molar-refractivity contribution is 6.39. The van der Waals surface area contributed by atoms with E-state index in [4.69, 9.17) is 44.5 Å². The summed E-state index contributed by atoms with van der Waals surface area (Å²) in [4.78, 5) is 30.5. The number of rotatable bonds is 9. The van der Waals surface area contributed by atoms with E-state index in [0.29, 0.717) is 62.2 Å². The van der Waals surface area contributed by atoms with Gasteiger partial charge in [-0.25, -0.2) is 9.37 Å². The zero-order chi connectivity index (χ0) is 31.1. The van der Waals surface area contributed by atoms with E-state index in [1.54, 1.807) is 24.3 Å². The molecule has 1 heterocycles. The standard InChI is InChI=1S/C31H31Cl3FN5O3/c1-31(2,3)29(42)36-14-17-7-9-20(32)27(26(17)34)39-30-38-23-12-19(28(41)37-18-8-10-22(35)21(33)11-18)25(13-24(23)40(30)4)43-15-16-5-6-16/h7-13,16H,5-6,14-15H2,1-4H3,(H,36,42)(H,37,41)(H,38,39). The number of hydrogen-bond donors (Lipinski definition) is 3. The molecular formula is C31H31Cl3FN5O3. The van der Waals surface area contributed by atoms with Gasteiger partial charge >= 0.3 is 0 Å². The second-order valence-electron chi connectivity index (χ2n) is 11.6. The Hall–Kier alpha value is -3.53. The summed E-state index contributed by atoms with van der Waals surface area (Å²) in [5.74, 6) is 0.134. The maximum atomic E-state index is 13.6. The molecule has 1 aromatic heterocycles. The van der Waals surface area contributed by atoms with Crippen molar-refractivity contribution >= 4 is 75.0 Å². The molecule has 43 heavy (non-hydrogen) atoms. The Kier molecular flexibility index (Phi) is 8.79. The van der Waals surface area contributed by atoms with Crippen molar-refractivity contribution in [3.8, 4) is 5.75 Å². The molecule has 5 rings (SSSR count). The fourth-order valence-electron chi connectivity index (χ4n) is 4.29. The van der Waals surface area contributed by atoms with Crippen LogP contribution in [0.2, 0.25) is 15.1 Å². The van der Waals surface area contributed by atoms with Gasteiger partial charge in [0.2, 0.25) is 11.9 Å². The van der Waals surface area contributed by atoms with Gasteiger partial charge in [0.05, 0.1) is 44.0 Å². The van der Waals surface area contributed by atoms with Gasteiger partial charge in [-0.15, -0.1) is 0 Å². The number of benzene rings is 3. The number of aromatic nitrogens is 2. The molecule has 0 spiro atoms. The third-order valence-electron chi connectivity index (χ3n) is 7.10. The second kappa shape index (κ2) is 12.2. The molecule has 8 nitrogen and oxygen atoms in total. The number of halogens is 4. The van der Waals surface area contributed by atoms with Crippen LogP contribution in [0.25, 0.3) is 11.0 Å². The zero-order valence-electron chi connectivity index (χ0n) is 24.1. The number of nitrogens with zero attached hydrogens (tertiary/aromatic N) is 2. The van der Waals surface area contributed by atoms with Crippen LogP contribution in [0, 0.1) is 17.2 Å². The van der Waals surface area contributed by atoms with Crippen LogP contribution in [-0.2, 0) is 18.4 Å². The molecular weight excluding hydrogens is 616 g/mol. The number of imidazole rings is 1. The minimum absolute atomic E-state index is 0.100. The van der Waals surface area contributed by atoms with Gasteiger partial charge in [0.25, 0.3) is 5.91 Å². The maximum absolute atomic E-state index is 13.6. The Balaban J connectivity index is 1.46. The minimum atomic E-state index is -0.580. The second-order valence-corrected chi connectivity index (χ2v) is 12.8. The van der Waals surface area contributed by atoms with E-state index in [1.165, 1.54) is 18.2 Å². The summed E-state index contributed by atoms with van der Waals surface area (Å²) >= 11 is 19.2. The topological polar surface area (TPSA) is 97.3 Å². The first-order chi connectivity index (χ1) is 20.3. The van der Waals surface area contributed by atoms with Gasteiger partial charge in [-0.2, -0.15) is 0 Å². The molecule has 0 bridgehead atoms. The van der Waals surface area contributed by atoms with Crippen molar-refractivity contribution in [3.63, 3.8) is 0 Å². The van der Waals surface area contributed by atoms with Crippen molar-refractivity contribution < 1.29 is 18.7 Å². The summed E-state index contributed by atoms with van der Waals surface area (Å²) in [5, 5.41) is 9.50. The molecule has 3 N–H and O–H groups in total. The molecule has 1 aliphatic carbocycles. The van der Waals surface area contributed by atoms with Gasteiger partial charge in [-0.3, -0.25) is 9.59 Å². The molecule has 3 aromatic carbocycles. The molecule has 12 heteroatoms. The number of fused-ring (bicyclic) bond motifs is 1. The Bertz CT molecular complexity index is 1730. The summed E-state index contributed by atoms with van der Waals surface area (Å²) in [6, 6.07) is 10.8. The number of hydrogen-bond acceptors (Lipinski definition) is 5. The molecule has 1 aliphatic rings. The lowest BCUT2D eigenvalue weighted by molar-refractivity contribution is -0.128. The van der Waals surface area contributed by atoms with Gasteiger partial charge in [0.15, 0.2) is 0 Å². The highest BCUT2D eigenvalue weighted by atomic mass is 35.5. The van der Waals surface area contributed by atoms with Crippen molar-refractivity contribution in [1.29, 1.82) is 0 Å². The number of anilines is 3. The van der Waals surface area contributed by atoms with E-state index in [9.17, 15) is 14.0 Å². The Morgan fingerprint density at radius 1 is 1.07 bits per heavy atom. The molecule has 4 aromatic rings. The normalized spacial score (nSPS) is 13.2. The molecule has 1 fully saturated rings. The SMILES string of the molecule is Cn1c(Nc2c(Cl)ccc(CNC(=O)C(C)(C)C)c2Cl)nc2cc(C(=O)Nc3ccc(F)c(Cl)c3)c(OCC3CC3)cc21. The Morgan fingerprint density at radius 2 is 1.81 bits per heavy atom. The average Bonchev–Trinajstić information content (AvgIpc) is 3.73. The number of ether oxygens (including phenoxy) is 1. The van der Waals surface area contributed by atoms with Gasteiger partial charge < -0.3 is 25.3 Å². The van der Waals surface area contributed by atoms with E-state index in [-0.39, 0.29) is 23.0 Å². The van der Waals surface area contributed by atoms with Crippen LogP contribution in [0.3, 0.4) is 0 Å². The Morgan fingerprint density at radius 3 is 2.49 bits per heavy atom. The van der Waals surface area contributed by atoms with Gasteiger partial charge in [-0.1, -0.05) is 61.6 Å². The first-order valence-corrected chi connectivity index (χ1v) is 14.9. The fourth-order valence-corrected chi connectivity index (χ4v) is 5.00. The first kappa shape index (κ1) is 30.9. The quantitative estimate of drug-likeness (QED) is 0.171. The van der Waals surface area contributed by atoms with E-state index in [1.807, 2.05) is 32.4 Å². The highest BCUT2D eigenvalue weighted by Crippen LogP contribution is 2.37. The molecule has 1 saturated carbocycles. The third-order valence-corrected chi connectivity index (χ3v) is 8.14. The van der Waals surface area contributed by atoms with Crippen molar-refractivity contribution in [1.82, 2.24) is 14.9 Å². The summed E-state index contributed by atoms with van der Waals surface area (Å²) in [6.45, 7) is 6.21. The first-order valence-electron chi connectivity index (χ1n) is 13.7. The summed E-state index contributed by atoms with van der Waals surface area (Å²) in [6.07, 6.45) is 2.16. The molecule has 0 aliphatic heterocycles. The van der Waals surface area contributed by atoms with E-state index < -0.39 is 17.1 Å². The fraction of sp³-hybridized carbons (Fsp3) is 0.323. The van der Waals surface area contributed by atoms with Crippen molar-refractivity contribution in [2.45, 2.75) is 40.2 Å². The lowest BCUT2D eigenvalue weighted by Crippen LogP contribution is -2.34. The van der Waals surface area contributed by atoms with Crippen LogP contribution in [-0.4, -0.2) is 28.0 Å². The van der Waals surface area contributed by atoms with Crippen LogP contribution in [0.15, 0.2) is 42.5 Å². The number of nitrogens with one attached hydrogen (secondary N) is 3. The zero-order valence-corrected chi connectivity index (χ0v) is 26.3. The van der Waals surface area contributed by atoms with Crippen molar-refractivity contribution in [3.05, 3.63) is 74.5 Å². The van der Waals surface area contributed by atoms with Gasteiger partial charge in [0.1, 0.15) is 11.6 Å². The van der Waals surface area contributed by atoms with Crippen molar-refractivity contribution in [2.24, 2.45) is 18.4 Å². The van der Waals surface area contributed by atoms with Gasteiger partial charge in [-0.05, 0) is 54.7 Å². The average molecular weight is 647 g/mol. The van der Waals surface area contributed by atoms with Crippen molar-refractivity contribution in [2.75, 3.05) is 17.2 Å². The smallest absolute Gasteiger partial charge is 0.259 e. The van der Waals surface area contributed by atoms with E-state index in [2.05, 4.69) is 16.0 Å². The predicted molar refractivity (Wildman–Crippen MR) is 169 cm³/mol. The molecule has 0 saturated heterocycles. The lowest BCUT2D eigenvalue weighted by atomic mass is 9.95. The molecule has 2 amide bonds. The van der Waals surface area contributed by atoms with E-state index in [0.717, 1.165) is 12.8 Å². The third kappa shape index (κ3) is 7.00.